The van der Waals surface area contributed by atoms with Gasteiger partial charge in [0.15, 0.2) is 0 Å². The highest BCUT2D eigenvalue weighted by Gasteiger charge is 2.25. The lowest BCUT2D eigenvalue weighted by molar-refractivity contribution is 0.0697. The van der Waals surface area contributed by atoms with Gasteiger partial charge in [0.2, 0.25) is 0 Å². The fourth-order valence-corrected chi connectivity index (χ4v) is 2.43. The number of carboxylic acid groups (broad SMARTS) is 1. The number of carbonyl (C=O) groups excluding carboxylic acids is 1. The first-order valence-electron chi connectivity index (χ1n) is 6.29. The Hall–Kier alpha value is -1.79. The van der Waals surface area contributed by atoms with E-state index >= 15 is 0 Å². The minimum Gasteiger partial charge on any atom is -0.478 e. The molecule has 6 nitrogen and oxygen atoms in total. The summed E-state index contributed by atoms with van der Waals surface area (Å²) in [4.78, 5) is 24.7. The molecule has 2 rings (SSSR count). The van der Waals surface area contributed by atoms with Crippen LogP contribution in [-0.4, -0.2) is 41.6 Å². The third-order valence-corrected chi connectivity index (χ3v) is 3.52. The molecule has 0 aliphatic carbocycles. The highest BCUT2D eigenvalue weighted by atomic mass is 35.5. The summed E-state index contributed by atoms with van der Waals surface area (Å²) < 4.78 is 0. The van der Waals surface area contributed by atoms with Crippen molar-refractivity contribution in [3.63, 3.8) is 0 Å². The number of likely N-dealkylation sites (tertiary alicyclic amines) is 1. The summed E-state index contributed by atoms with van der Waals surface area (Å²) in [6, 6.07) is 3.96. The Labute approximate surface area is 121 Å². The second-order valence-electron chi connectivity index (χ2n) is 4.80. The zero-order valence-electron chi connectivity index (χ0n) is 10.8. The largest absolute Gasteiger partial charge is 0.478 e. The van der Waals surface area contributed by atoms with E-state index in [1.807, 2.05) is 0 Å². The van der Waals surface area contributed by atoms with Crippen molar-refractivity contribution < 1.29 is 14.7 Å². The van der Waals surface area contributed by atoms with Gasteiger partial charge < -0.3 is 21.1 Å². The molecular weight excluding hydrogens is 282 g/mol. The molecule has 0 bridgehead atoms. The van der Waals surface area contributed by atoms with E-state index in [1.54, 1.807) is 4.90 Å². The fraction of sp³-hybridized carbons (Fsp3) is 0.385. The fourth-order valence-electron chi connectivity index (χ4n) is 2.20. The molecule has 4 N–H and O–H groups in total. The SMILES string of the molecule is NCC1CCN(C(=O)Nc2cc(Cl)cc(C(=O)O)c2)C1. The average Bonchev–Trinajstić information content (AvgIpc) is 2.86. The molecule has 0 spiro atoms. The number of benzene rings is 1. The summed E-state index contributed by atoms with van der Waals surface area (Å²) in [6.45, 7) is 1.83. The van der Waals surface area contributed by atoms with Crippen LogP contribution in [0.25, 0.3) is 0 Å². The van der Waals surface area contributed by atoms with Crippen LogP contribution in [0.15, 0.2) is 18.2 Å². The van der Waals surface area contributed by atoms with E-state index in [-0.39, 0.29) is 16.6 Å². The van der Waals surface area contributed by atoms with Gasteiger partial charge in [0, 0.05) is 23.8 Å². The third kappa shape index (κ3) is 3.40. The molecule has 1 heterocycles. The molecule has 1 saturated heterocycles. The highest BCUT2D eigenvalue weighted by molar-refractivity contribution is 6.31. The van der Waals surface area contributed by atoms with Crippen LogP contribution in [0.3, 0.4) is 0 Å². The van der Waals surface area contributed by atoms with Crippen LogP contribution in [0.5, 0.6) is 0 Å². The first kappa shape index (κ1) is 14.6. The van der Waals surface area contributed by atoms with Crippen molar-refractivity contribution in [2.45, 2.75) is 6.42 Å². The Morgan fingerprint density at radius 1 is 1.45 bits per heavy atom. The number of nitrogens with two attached hydrogens (primary N) is 1. The van der Waals surface area contributed by atoms with E-state index < -0.39 is 5.97 Å². The summed E-state index contributed by atoms with van der Waals surface area (Å²) in [7, 11) is 0. The predicted molar refractivity (Wildman–Crippen MR) is 76.2 cm³/mol. The van der Waals surface area contributed by atoms with Gasteiger partial charge in [0.1, 0.15) is 0 Å². The normalized spacial score (nSPS) is 18.1. The van der Waals surface area contributed by atoms with Crippen LogP contribution >= 0.6 is 11.6 Å². The molecule has 20 heavy (non-hydrogen) atoms. The topological polar surface area (TPSA) is 95.7 Å². The maximum atomic E-state index is 12.1. The molecule has 108 valence electrons. The Kier molecular flexibility index (Phi) is 4.46. The lowest BCUT2D eigenvalue weighted by Crippen LogP contribution is -2.33. The molecule has 1 aliphatic rings. The standard InChI is InChI=1S/C13H16ClN3O3/c14-10-3-9(12(18)19)4-11(5-10)16-13(20)17-2-1-8(6-15)7-17/h3-5,8H,1-2,6-7,15H2,(H,16,20)(H,18,19). The zero-order chi connectivity index (χ0) is 14.7. The van der Waals surface area contributed by atoms with Crippen molar-refractivity contribution in [2.75, 3.05) is 25.0 Å². The molecule has 1 aromatic rings. The molecular formula is C13H16ClN3O3. The number of nitrogens with zero attached hydrogens (tertiary/aromatic N) is 1. The molecule has 7 heteroatoms. The van der Waals surface area contributed by atoms with Crippen molar-refractivity contribution in [1.82, 2.24) is 4.90 Å². The van der Waals surface area contributed by atoms with Gasteiger partial charge in [-0.05, 0) is 37.1 Å². The van der Waals surface area contributed by atoms with Crippen molar-refractivity contribution in [2.24, 2.45) is 11.7 Å². The number of nitrogens with one attached hydrogen (secondary N) is 1. The van der Waals surface area contributed by atoms with Crippen LogP contribution in [0.2, 0.25) is 5.02 Å². The summed E-state index contributed by atoms with van der Waals surface area (Å²) in [6.07, 6.45) is 0.889. The summed E-state index contributed by atoms with van der Waals surface area (Å²) in [5.41, 5.74) is 5.99. The Morgan fingerprint density at radius 3 is 2.80 bits per heavy atom. The van der Waals surface area contributed by atoms with E-state index in [2.05, 4.69) is 5.32 Å². The minimum atomic E-state index is -1.09. The number of halogens is 1. The monoisotopic (exact) mass is 297 g/mol. The van der Waals surface area contributed by atoms with Crippen molar-refractivity contribution >= 4 is 29.3 Å². The first-order valence-corrected chi connectivity index (χ1v) is 6.67. The van der Waals surface area contributed by atoms with Crippen LogP contribution < -0.4 is 11.1 Å². The molecule has 2 amide bonds. The zero-order valence-corrected chi connectivity index (χ0v) is 11.6. The number of aromatic carboxylic acids is 1. The van der Waals surface area contributed by atoms with Gasteiger partial charge in [-0.1, -0.05) is 11.6 Å². The van der Waals surface area contributed by atoms with Gasteiger partial charge in [-0.15, -0.1) is 0 Å². The predicted octanol–water partition coefficient (Wildman–Crippen LogP) is 1.85. The van der Waals surface area contributed by atoms with E-state index in [0.717, 1.165) is 6.42 Å². The van der Waals surface area contributed by atoms with Gasteiger partial charge in [-0.3, -0.25) is 0 Å². The number of hydrogen-bond acceptors (Lipinski definition) is 3. The maximum absolute atomic E-state index is 12.1. The van der Waals surface area contributed by atoms with E-state index in [9.17, 15) is 9.59 Å². The molecule has 0 aromatic heterocycles. The minimum absolute atomic E-state index is 0.0362. The second kappa shape index (κ2) is 6.11. The molecule has 0 saturated carbocycles. The first-order chi connectivity index (χ1) is 9.49. The lowest BCUT2D eigenvalue weighted by atomic mass is 10.1. The summed E-state index contributed by atoms with van der Waals surface area (Å²) in [5.74, 6) is -0.762. The number of urea groups is 1. The smallest absolute Gasteiger partial charge is 0.335 e. The summed E-state index contributed by atoms with van der Waals surface area (Å²) in [5, 5.41) is 11.9. The third-order valence-electron chi connectivity index (χ3n) is 3.30. The Morgan fingerprint density at radius 2 is 2.20 bits per heavy atom. The number of carboxylic acids is 1. The van der Waals surface area contributed by atoms with Crippen molar-refractivity contribution in [1.29, 1.82) is 0 Å². The molecule has 1 fully saturated rings. The van der Waals surface area contributed by atoms with Crippen molar-refractivity contribution in [3.8, 4) is 0 Å². The number of carbonyl (C=O) groups is 2. The van der Waals surface area contributed by atoms with Crippen LogP contribution in [0.1, 0.15) is 16.8 Å². The van der Waals surface area contributed by atoms with Crippen LogP contribution in [0, 0.1) is 5.92 Å². The van der Waals surface area contributed by atoms with Crippen LogP contribution in [0.4, 0.5) is 10.5 Å². The van der Waals surface area contributed by atoms with Crippen molar-refractivity contribution in [3.05, 3.63) is 28.8 Å². The number of amides is 2. The summed E-state index contributed by atoms with van der Waals surface area (Å²) >= 11 is 5.84. The number of anilines is 1. The van der Waals surface area contributed by atoms with E-state index in [4.69, 9.17) is 22.4 Å². The average molecular weight is 298 g/mol. The Bertz CT molecular complexity index is 536. The molecule has 1 aromatic carbocycles. The molecule has 0 radical (unpaired) electrons. The molecule has 1 atom stereocenters. The van der Waals surface area contributed by atoms with E-state index in [0.29, 0.717) is 31.2 Å². The number of hydrogen-bond donors (Lipinski definition) is 3. The van der Waals surface area contributed by atoms with E-state index in [1.165, 1.54) is 18.2 Å². The van der Waals surface area contributed by atoms with Gasteiger partial charge in [0.25, 0.3) is 0 Å². The van der Waals surface area contributed by atoms with Gasteiger partial charge >= 0.3 is 12.0 Å². The van der Waals surface area contributed by atoms with Gasteiger partial charge in [-0.25, -0.2) is 9.59 Å². The van der Waals surface area contributed by atoms with Gasteiger partial charge in [-0.2, -0.15) is 0 Å². The second-order valence-corrected chi connectivity index (χ2v) is 5.24. The lowest BCUT2D eigenvalue weighted by Gasteiger charge is -2.17. The Balaban J connectivity index is 2.06. The number of rotatable bonds is 3. The quantitative estimate of drug-likeness (QED) is 0.793. The van der Waals surface area contributed by atoms with Gasteiger partial charge in [0.05, 0.1) is 5.56 Å². The molecule has 1 unspecified atom stereocenters. The van der Waals surface area contributed by atoms with Crippen LogP contribution in [-0.2, 0) is 0 Å². The highest BCUT2D eigenvalue weighted by Crippen LogP contribution is 2.21. The maximum Gasteiger partial charge on any atom is 0.335 e. The molecule has 1 aliphatic heterocycles.